The molecule has 7 heteroatoms. The fourth-order valence-electron chi connectivity index (χ4n) is 1.74. The van der Waals surface area contributed by atoms with Gasteiger partial charge in [-0.05, 0) is 18.1 Å². The van der Waals surface area contributed by atoms with Crippen LogP contribution in [0.25, 0.3) is 0 Å². The lowest BCUT2D eigenvalue weighted by atomic mass is 9.93. The van der Waals surface area contributed by atoms with Gasteiger partial charge in [0.2, 0.25) is 0 Å². The smallest absolute Gasteiger partial charge is 0.303 e. The predicted molar refractivity (Wildman–Crippen MR) is 55.4 cm³/mol. The molecule has 0 fully saturated rings. The molecule has 0 amide bonds. The summed E-state index contributed by atoms with van der Waals surface area (Å²) in [6, 6.07) is 2.25. The minimum Gasteiger partial charge on any atom is -0.303 e. The van der Waals surface area contributed by atoms with E-state index in [0.717, 1.165) is 12.1 Å². The van der Waals surface area contributed by atoms with Crippen LogP contribution in [0.3, 0.4) is 0 Å². The van der Waals surface area contributed by atoms with Gasteiger partial charge in [0.1, 0.15) is 6.29 Å². The summed E-state index contributed by atoms with van der Waals surface area (Å²) in [7, 11) is 0. The van der Waals surface area contributed by atoms with E-state index in [1.165, 1.54) is 6.92 Å². The summed E-state index contributed by atoms with van der Waals surface area (Å²) in [5, 5.41) is 0. The first-order chi connectivity index (χ1) is 8.57. The van der Waals surface area contributed by atoms with Crippen LogP contribution in [0.1, 0.15) is 23.6 Å². The third-order valence-corrected chi connectivity index (χ3v) is 2.51. The Kier molecular flexibility index (Phi) is 4.27. The summed E-state index contributed by atoms with van der Waals surface area (Å²) >= 11 is 0. The summed E-state index contributed by atoms with van der Waals surface area (Å²) in [5.41, 5.74) is -3.96. The van der Waals surface area contributed by atoms with Crippen LogP contribution in [0.2, 0.25) is 0 Å². The number of hydrogen-bond donors (Lipinski definition) is 0. The van der Waals surface area contributed by atoms with Gasteiger partial charge in [-0.3, -0.25) is 0 Å². The number of alkyl halides is 6. The maximum absolute atomic E-state index is 12.8. The monoisotopic (exact) mass is 284 g/mol. The molecule has 0 aliphatic carbocycles. The zero-order chi connectivity index (χ0) is 14.8. The van der Waals surface area contributed by atoms with Crippen LogP contribution in [0.15, 0.2) is 18.2 Å². The Morgan fingerprint density at radius 2 is 1.68 bits per heavy atom. The molecule has 1 aromatic rings. The standard InChI is InChI=1S/C12H10F6O/c1-7(6-19)5-8-3-2-4-9(11(13,14)15)10(8)12(16,17)18/h2-4,6-7H,5H2,1H3. The quantitative estimate of drug-likeness (QED) is 0.603. The van der Waals surface area contributed by atoms with Crippen molar-refractivity contribution in [3.63, 3.8) is 0 Å². The zero-order valence-corrected chi connectivity index (χ0v) is 9.77. The third kappa shape index (κ3) is 3.71. The fourth-order valence-corrected chi connectivity index (χ4v) is 1.74. The van der Waals surface area contributed by atoms with Gasteiger partial charge in [0.25, 0.3) is 0 Å². The van der Waals surface area contributed by atoms with Crippen molar-refractivity contribution < 1.29 is 31.1 Å². The van der Waals surface area contributed by atoms with E-state index in [9.17, 15) is 31.1 Å². The first kappa shape index (κ1) is 15.5. The van der Waals surface area contributed by atoms with Crippen LogP contribution < -0.4 is 0 Å². The SMILES string of the molecule is CC(C=O)Cc1cccc(C(F)(F)F)c1C(F)(F)F. The Bertz CT molecular complexity index is 460. The van der Waals surface area contributed by atoms with Crippen molar-refractivity contribution in [2.75, 3.05) is 0 Å². The number of hydrogen-bond acceptors (Lipinski definition) is 1. The van der Waals surface area contributed by atoms with Crippen molar-refractivity contribution in [3.05, 3.63) is 34.9 Å². The van der Waals surface area contributed by atoms with Crippen molar-refractivity contribution in [1.29, 1.82) is 0 Å². The van der Waals surface area contributed by atoms with Crippen molar-refractivity contribution in [3.8, 4) is 0 Å². The maximum atomic E-state index is 12.8. The van der Waals surface area contributed by atoms with Crippen molar-refractivity contribution in [1.82, 2.24) is 0 Å². The Labute approximate surface area is 105 Å². The molecule has 0 heterocycles. The van der Waals surface area contributed by atoms with Crippen LogP contribution >= 0.6 is 0 Å². The van der Waals surface area contributed by atoms with Crippen molar-refractivity contribution >= 4 is 6.29 Å². The van der Waals surface area contributed by atoms with Gasteiger partial charge in [0, 0.05) is 5.92 Å². The fraction of sp³-hybridized carbons (Fsp3) is 0.417. The van der Waals surface area contributed by atoms with Gasteiger partial charge in [-0.15, -0.1) is 0 Å². The molecule has 0 saturated heterocycles. The predicted octanol–water partition coefficient (Wildman–Crippen LogP) is 4.10. The van der Waals surface area contributed by atoms with Crippen molar-refractivity contribution in [2.45, 2.75) is 25.7 Å². The summed E-state index contributed by atoms with van der Waals surface area (Å²) in [4.78, 5) is 10.4. The average molecular weight is 284 g/mol. The molecule has 0 aromatic heterocycles. The van der Waals surface area contributed by atoms with Gasteiger partial charge in [-0.1, -0.05) is 19.1 Å². The average Bonchev–Trinajstić information content (AvgIpc) is 2.25. The van der Waals surface area contributed by atoms with Crippen LogP contribution in [0.4, 0.5) is 26.3 Å². The molecule has 0 N–H and O–H groups in total. The maximum Gasteiger partial charge on any atom is 0.417 e. The van der Waals surface area contributed by atoms with Crippen LogP contribution in [-0.2, 0) is 23.6 Å². The molecule has 1 unspecified atom stereocenters. The number of aldehydes is 1. The Hall–Kier alpha value is -1.53. The zero-order valence-electron chi connectivity index (χ0n) is 9.77. The normalized spacial score (nSPS) is 14.3. The van der Waals surface area contributed by atoms with Crippen LogP contribution in [0.5, 0.6) is 0 Å². The largest absolute Gasteiger partial charge is 0.417 e. The Morgan fingerprint density at radius 3 is 2.11 bits per heavy atom. The molecule has 0 radical (unpaired) electrons. The van der Waals surface area contributed by atoms with Crippen LogP contribution in [-0.4, -0.2) is 6.29 Å². The highest BCUT2D eigenvalue weighted by molar-refractivity contribution is 5.54. The first-order valence-corrected chi connectivity index (χ1v) is 5.29. The van der Waals surface area contributed by atoms with Gasteiger partial charge < -0.3 is 4.79 Å². The minimum atomic E-state index is -5.12. The van der Waals surface area contributed by atoms with Gasteiger partial charge in [0.05, 0.1) is 11.1 Å². The Morgan fingerprint density at radius 1 is 1.11 bits per heavy atom. The second-order valence-corrected chi connectivity index (χ2v) is 4.15. The molecule has 0 bridgehead atoms. The lowest BCUT2D eigenvalue weighted by Gasteiger charge is -2.19. The van der Waals surface area contributed by atoms with E-state index in [1.807, 2.05) is 0 Å². The Balaban J connectivity index is 3.44. The van der Waals surface area contributed by atoms with E-state index in [1.54, 1.807) is 0 Å². The lowest BCUT2D eigenvalue weighted by Crippen LogP contribution is -2.20. The number of benzene rings is 1. The molecule has 1 rings (SSSR count). The van der Waals surface area contributed by atoms with Crippen molar-refractivity contribution in [2.24, 2.45) is 5.92 Å². The molecular formula is C12H10F6O. The lowest BCUT2D eigenvalue weighted by molar-refractivity contribution is -0.162. The molecule has 19 heavy (non-hydrogen) atoms. The van der Waals surface area contributed by atoms with E-state index in [-0.39, 0.29) is 6.42 Å². The molecule has 1 aromatic carbocycles. The van der Waals surface area contributed by atoms with Gasteiger partial charge in [0.15, 0.2) is 0 Å². The second kappa shape index (κ2) is 5.22. The summed E-state index contributed by atoms with van der Waals surface area (Å²) in [6.45, 7) is 1.34. The topological polar surface area (TPSA) is 17.1 Å². The highest BCUT2D eigenvalue weighted by Gasteiger charge is 2.44. The minimum absolute atomic E-state index is 0.387. The summed E-state index contributed by atoms with van der Waals surface area (Å²) in [5.74, 6) is -0.787. The summed E-state index contributed by atoms with van der Waals surface area (Å²) < 4.78 is 76.2. The van der Waals surface area contributed by atoms with E-state index in [0.29, 0.717) is 12.4 Å². The van der Waals surface area contributed by atoms with Gasteiger partial charge in [-0.2, -0.15) is 26.3 Å². The molecule has 106 valence electrons. The van der Waals surface area contributed by atoms with Gasteiger partial charge >= 0.3 is 12.4 Å². The summed E-state index contributed by atoms with van der Waals surface area (Å²) in [6.07, 6.45) is -10.2. The molecule has 1 atom stereocenters. The number of carbonyl (C=O) groups excluding carboxylic acids is 1. The number of rotatable bonds is 3. The molecule has 0 aliphatic heterocycles. The van der Waals surface area contributed by atoms with E-state index < -0.39 is 35.0 Å². The molecular weight excluding hydrogens is 274 g/mol. The molecule has 0 saturated carbocycles. The van der Waals surface area contributed by atoms with E-state index >= 15 is 0 Å². The highest BCUT2D eigenvalue weighted by atomic mass is 19.4. The molecule has 0 aliphatic rings. The second-order valence-electron chi connectivity index (χ2n) is 4.15. The molecule has 0 spiro atoms. The molecule has 1 nitrogen and oxygen atoms in total. The van der Waals surface area contributed by atoms with E-state index in [4.69, 9.17) is 0 Å². The number of halogens is 6. The van der Waals surface area contributed by atoms with Crippen LogP contribution in [0, 0.1) is 5.92 Å². The highest BCUT2D eigenvalue weighted by Crippen LogP contribution is 2.42. The van der Waals surface area contributed by atoms with E-state index in [2.05, 4.69) is 0 Å². The third-order valence-electron chi connectivity index (χ3n) is 2.51. The number of carbonyl (C=O) groups is 1. The van der Waals surface area contributed by atoms with Gasteiger partial charge in [-0.25, -0.2) is 0 Å². The first-order valence-electron chi connectivity index (χ1n) is 5.29.